The molecule has 3 heterocycles. The molecule has 0 saturated carbocycles. The number of thiophene rings is 1. The van der Waals surface area contributed by atoms with Crippen LogP contribution in [0, 0.1) is 0 Å². The zero-order chi connectivity index (χ0) is 21.4. The first kappa shape index (κ1) is 20.4. The van der Waals surface area contributed by atoms with Gasteiger partial charge in [0, 0.05) is 24.0 Å². The van der Waals surface area contributed by atoms with Gasteiger partial charge in [0.15, 0.2) is 0 Å². The van der Waals surface area contributed by atoms with Crippen molar-refractivity contribution < 1.29 is 23.8 Å². The number of amides is 2. The van der Waals surface area contributed by atoms with Crippen molar-refractivity contribution in [3.8, 4) is 11.5 Å². The quantitative estimate of drug-likeness (QED) is 0.682. The highest BCUT2D eigenvalue weighted by Crippen LogP contribution is 2.41. The molecule has 2 aliphatic rings. The Kier molecular flexibility index (Phi) is 5.53. The molecule has 2 aliphatic heterocycles. The predicted molar refractivity (Wildman–Crippen MR) is 115 cm³/mol. The Morgan fingerprint density at radius 1 is 1.03 bits per heavy atom. The molecule has 2 amide bonds. The monoisotopic (exact) mass is 428 g/mol. The molecule has 0 aliphatic carbocycles. The van der Waals surface area contributed by atoms with Crippen LogP contribution in [0.25, 0.3) is 5.57 Å². The molecule has 7 nitrogen and oxygen atoms in total. The van der Waals surface area contributed by atoms with Crippen LogP contribution in [0.1, 0.15) is 18.7 Å². The van der Waals surface area contributed by atoms with E-state index in [1.165, 1.54) is 30.5 Å². The average molecular weight is 429 g/mol. The second-order valence-electron chi connectivity index (χ2n) is 7.35. The SMILES string of the molecule is COc1ccc(OC)c(N2C(=O)C(c3cccs3)=C(N3CC(C)OC(C)C3)C2=O)c1. The summed E-state index contributed by atoms with van der Waals surface area (Å²) in [5.41, 5.74) is 1.20. The van der Waals surface area contributed by atoms with Crippen molar-refractivity contribution in [1.82, 2.24) is 4.90 Å². The van der Waals surface area contributed by atoms with Crippen molar-refractivity contribution in [2.45, 2.75) is 26.1 Å². The van der Waals surface area contributed by atoms with Crippen molar-refractivity contribution in [2.75, 3.05) is 32.2 Å². The Balaban J connectivity index is 1.84. The third-order valence-corrected chi connectivity index (χ3v) is 6.08. The predicted octanol–water partition coefficient (Wildman–Crippen LogP) is 3.16. The Morgan fingerprint density at radius 3 is 2.37 bits per heavy atom. The summed E-state index contributed by atoms with van der Waals surface area (Å²) in [7, 11) is 3.05. The lowest BCUT2D eigenvalue weighted by molar-refractivity contribution is -0.121. The molecule has 30 heavy (non-hydrogen) atoms. The fourth-order valence-corrected chi connectivity index (χ4v) is 4.77. The van der Waals surface area contributed by atoms with E-state index in [9.17, 15) is 9.59 Å². The van der Waals surface area contributed by atoms with Crippen LogP contribution in [-0.4, -0.2) is 56.2 Å². The van der Waals surface area contributed by atoms with Gasteiger partial charge < -0.3 is 19.1 Å². The maximum Gasteiger partial charge on any atom is 0.282 e. The summed E-state index contributed by atoms with van der Waals surface area (Å²) in [5, 5.41) is 1.90. The van der Waals surface area contributed by atoms with Gasteiger partial charge in [0.05, 0.1) is 37.7 Å². The molecule has 158 valence electrons. The zero-order valence-electron chi connectivity index (χ0n) is 17.4. The average Bonchev–Trinajstić information content (AvgIpc) is 3.32. The van der Waals surface area contributed by atoms with Gasteiger partial charge in [-0.15, -0.1) is 11.3 Å². The van der Waals surface area contributed by atoms with E-state index in [1.807, 2.05) is 36.3 Å². The number of hydrogen-bond acceptors (Lipinski definition) is 7. The molecule has 0 spiro atoms. The van der Waals surface area contributed by atoms with Crippen LogP contribution in [0.2, 0.25) is 0 Å². The topological polar surface area (TPSA) is 68.3 Å². The second-order valence-corrected chi connectivity index (χ2v) is 8.29. The van der Waals surface area contributed by atoms with E-state index in [4.69, 9.17) is 14.2 Å². The molecule has 2 unspecified atom stereocenters. The standard InChI is InChI=1S/C22H24N2O5S/c1-13-11-23(12-14(2)29-13)20-19(18-6-5-9-30-18)21(25)24(22(20)26)16-10-15(27-3)7-8-17(16)28-4/h5-10,13-14H,11-12H2,1-4H3. The largest absolute Gasteiger partial charge is 0.497 e. The first-order valence-electron chi connectivity index (χ1n) is 9.74. The zero-order valence-corrected chi connectivity index (χ0v) is 18.2. The van der Waals surface area contributed by atoms with Gasteiger partial charge in [0.1, 0.15) is 17.2 Å². The normalized spacial score (nSPS) is 22.1. The molecule has 0 radical (unpaired) electrons. The van der Waals surface area contributed by atoms with Crippen LogP contribution in [0.3, 0.4) is 0 Å². The number of nitrogens with zero attached hydrogens (tertiary/aromatic N) is 2. The van der Waals surface area contributed by atoms with Gasteiger partial charge in [-0.3, -0.25) is 9.59 Å². The van der Waals surface area contributed by atoms with Crippen LogP contribution in [-0.2, 0) is 14.3 Å². The van der Waals surface area contributed by atoms with E-state index < -0.39 is 0 Å². The summed E-state index contributed by atoms with van der Waals surface area (Å²) in [6, 6.07) is 8.81. The second kappa shape index (κ2) is 8.12. The lowest BCUT2D eigenvalue weighted by atomic mass is 10.1. The van der Waals surface area contributed by atoms with E-state index in [1.54, 1.807) is 18.2 Å². The van der Waals surface area contributed by atoms with E-state index in [-0.39, 0.29) is 24.0 Å². The molecule has 0 bridgehead atoms. The lowest BCUT2D eigenvalue weighted by Gasteiger charge is -2.37. The number of hydrogen-bond donors (Lipinski definition) is 0. The van der Waals surface area contributed by atoms with Crippen LogP contribution in [0.5, 0.6) is 11.5 Å². The van der Waals surface area contributed by atoms with Crippen LogP contribution < -0.4 is 14.4 Å². The fourth-order valence-electron chi connectivity index (χ4n) is 4.01. The molecule has 0 N–H and O–H groups in total. The van der Waals surface area contributed by atoms with E-state index in [0.29, 0.717) is 41.5 Å². The highest BCUT2D eigenvalue weighted by Gasteiger charge is 2.45. The molecule has 2 aromatic rings. The van der Waals surface area contributed by atoms with Gasteiger partial charge >= 0.3 is 0 Å². The van der Waals surface area contributed by atoms with Crippen LogP contribution in [0.4, 0.5) is 5.69 Å². The number of benzene rings is 1. The van der Waals surface area contributed by atoms with Gasteiger partial charge in [0.25, 0.3) is 11.8 Å². The fraction of sp³-hybridized carbons (Fsp3) is 0.364. The lowest BCUT2D eigenvalue weighted by Crippen LogP contribution is -2.47. The Labute approximate surface area is 179 Å². The summed E-state index contributed by atoms with van der Waals surface area (Å²) in [6.07, 6.45) is -0.0942. The molecule has 1 saturated heterocycles. The van der Waals surface area contributed by atoms with Gasteiger partial charge in [0.2, 0.25) is 0 Å². The Morgan fingerprint density at radius 2 is 1.77 bits per heavy atom. The maximum atomic E-state index is 13.7. The summed E-state index contributed by atoms with van der Waals surface area (Å²) in [6.45, 7) is 5.02. The molecule has 4 rings (SSSR count). The van der Waals surface area contributed by atoms with Gasteiger partial charge in [-0.2, -0.15) is 0 Å². The summed E-state index contributed by atoms with van der Waals surface area (Å²) in [5.74, 6) is 0.228. The molecular formula is C22H24N2O5S. The molecule has 1 aromatic heterocycles. The van der Waals surface area contributed by atoms with Gasteiger partial charge in [-0.25, -0.2) is 4.90 Å². The van der Waals surface area contributed by atoms with E-state index in [2.05, 4.69) is 0 Å². The third kappa shape index (κ3) is 3.46. The number of imide groups is 1. The summed E-state index contributed by atoms with van der Waals surface area (Å²) in [4.78, 5) is 31.2. The van der Waals surface area contributed by atoms with E-state index in [0.717, 1.165) is 4.88 Å². The van der Waals surface area contributed by atoms with Gasteiger partial charge in [-0.05, 0) is 37.4 Å². The molecular weight excluding hydrogens is 404 g/mol. The smallest absolute Gasteiger partial charge is 0.282 e. The molecule has 1 fully saturated rings. The minimum Gasteiger partial charge on any atom is -0.497 e. The molecule has 8 heteroatoms. The minimum atomic E-state index is -0.365. The number of carbonyl (C=O) groups excluding carboxylic acids is 2. The number of carbonyl (C=O) groups is 2. The van der Waals surface area contributed by atoms with E-state index >= 15 is 0 Å². The number of anilines is 1. The molecule has 2 atom stereocenters. The maximum absolute atomic E-state index is 13.7. The highest BCUT2D eigenvalue weighted by atomic mass is 32.1. The Bertz CT molecular complexity index is 991. The van der Waals surface area contributed by atoms with Crippen molar-refractivity contribution in [3.63, 3.8) is 0 Å². The summed E-state index contributed by atoms with van der Waals surface area (Å²) >= 11 is 1.44. The first-order chi connectivity index (χ1) is 14.4. The van der Waals surface area contributed by atoms with Crippen molar-refractivity contribution in [3.05, 3.63) is 46.3 Å². The molecule has 1 aromatic carbocycles. The number of ether oxygens (including phenoxy) is 3. The third-order valence-electron chi connectivity index (χ3n) is 5.19. The highest BCUT2D eigenvalue weighted by molar-refractivity contribution is 7.11. The Hall–Kier alpha value is -2.84. The first-order valence-corrected chi connectivity index (χ1v) is 10.6. The van der Waals surface area contributed by atoms with Crippen molar-refractivity contribution in [2.24, 2.45) is 0 Å². The van der Waals surface area contributed by atoms with Crippen molar-refractivity contribution >= 4 is 34.4 Å². The number of methoxy groups -OCH3 is 2. The van der Waals surface area contributed by atoms with Crippen molar-refractivity contribution in [1.29, 1.82) is 0 Å². The number of rotatable bonds is 5. The number of morpholine rings is 1. The minimum absolute atomic E-state index is 0.0471. The van der Waals surface area contributed by atoms with Crippen LogP contribution in [0.15, 0.2) is 41.4 Å². The summed E-state index contributed by atoms with van der Waals surface area (Å²) < 4.78 is 16.6. The van der Waals surface area contributed by atoms with Gasteiger partial charge in [-0.1, -0.05) is 6.07 Å². The van der Waals surface area contributed by atoms with Crippen LogP contribution >= 0.6 is 11.3 Å².